The second-order valence-corrected chi connectivity index (χ2v) is 3.59. The highest BCUT2D eigenvalue weighted by Crippen LogP contribution is 2.30. The molecule has 2 rings (SSSR count). The molecule has 5 heteroatoms. The van der Waals surface area contributed by atoms with E-state index in [2.05, 4.69) is 20.9 Å². The Balaban J connectivity index is 2.60. The van der Waals surface area contributed by atoms with Gasteiger partial charge in [-0.05, 0) is 18.2 Å². The predicted octanol–water partition coefficient (Wildman–Crippen LogP) is 2.39. The average Bonchev–Trinajstić information content (AvgIpc) is 2.58. The Hall–Kier alpha value is -1.49. The van der Waals surface area contributed by atoms with Gasteiger partial charge in [0.15, 0.2) is 5.75 Å². The molecular formula is C9H7BrN2O2. The molecule has 0 fully saturated rings. The van der Waals surface area contributed by atoms with Crippen molar-refractivity contribution in [3.8, 4) is 5.75 Å². The Morgan fingerprint density at radius 1 is 1.43 bits per heavy atom. The van der Waals surface area contributed by atoms with Gasteiger partial charge in [-0.1, -0.05) is 15.9 Å². The Kier molecular flexibility index (Phi) is 2.17. The topological polar surface area (TPSA) is 68.1 Å². The molecule has 1 amide bonds. The number of carbonyl (C=O) groups is 1. The van der Waals surface area contributed by atoms with Gasteiger partial charge in [0.25, 0.3) is 0 Å². The van der Waals surface area contributed by atoms with E-state index in [-0.39, 0.29) is 0 Å². The number of ether oxygens (including phenoxy) is 1. The van der Waals surface area contributed by atoms with Crippen molar-refractivity contribution in [2.45, 2.75) is 0 Å². The maximum absolute atomic E-state index is 10.6. The molecule has 0 bridgehead atoms. The van der Waals surface area contributed by atoms with Crippen LogP contribution >= 0.6 is 15.9 Å². The van der Waals surface area contributed by atoms with E-state index < -0.39 is 6.09 Å². The van der Waals surface area contributed by atoms with E-state index in [1.165, 1.54) is 0 Å². The number of rotatable bonds is 1. The number of nitrogens with one attached hydrogen (secondary N) is 1. The Morgan fingerprint density at radius 2 is 2.21 bits per heavy atom. The van der Waals surface area contributed by atoms with Crippen LogP contribution in [0.2, 0.25) is 0 Å². The SMILES string of the molecule is NC(=O)Oc1ccc(Br)c2cc[nH]c12. The van der Waals surface area contributed by atoms with E-state index in [4.69, 9.17) is 10.5 Å². The van der Waals surface area contributed by atoms with Gasteiger partial charge in [0, 0.05) is 16.1 Å². The zero-order valence-electron chi connectivity index (χ0n) is 7.08. The summed E-state index contributed by atoms with van der Waals surface area (Å²) in [5, 5.41) is 0.948. The smallest absolute Gasteiger partial charge is 0.408 e. The highest BCUT2D eigenvalue weighted by atomic mass is 79.9. The molecule has 0 aliphatic carbocycles. The number of hydrogen-bond donors (Lipinski definition) is 2. The standard InChI is InChI=1S/C9H7BrN2O2/c10-6-1-2-7(14-9(11)13)8-5(6)3-4-12-8/h1-4,12H,(H2,11,13). The van der Waals surface area contributed by atoms with Crippen LogP contribution in [-0.2, 0) is 0 Å². The van der Waals surface area contributed by atoms with Gasteiger partial charge in [-0.2, -0.15) is 0 Å². The molecule has 14 heavy (non-hydrogen) atoms. The minimum absolute atomic E-state index is 0.431. The number of aromatic nitrogens is 1. The third-order valence-corrected chi connectivity index (χ3v) is 2.53. The number of primary amides is 1. The van der Waals surface area contributed by atoms with E-state index in [1.807, 2.05) is 6.07 Å². The number of halogens is 1. The van der Waals surface area contributed by atoms with Crippen molar-refractivity contribution in [2.75, 3.05) is 0 Å². The first kappa shape index (κ1) is 9.08. The quantitative estimate of drug-likeness (QED) is 0.821. The van der Waals surface area contributed by atoms with Crippen LogP contribution in [0.4, 0.5) is 4.79 Å². The number of amides is 1. The summed E-state index contributed by atoms with van der Waals surface area (Å²) in [5.41, 5.74) is 5.68. The molecule has 0 saturated carbocycles. The first-order valence-electron chi connectivity index (χ1n) is 3.91. The lowest BCUT2D eigenvalue weighted by atomic mass is 10.2. The fourth-order valence-corrected chi connectivity index (χ4v) is 1.75. The molecule has 0 radical (unpaired) electrons. The number of fused-ring (bicyclic) bond motifs is 1. The molecule has 1 aromatic carbocycles. The van der Waals surface area contributed by atoms with E-state index >= 15 is 0 Å². The molecular weight excluding hydrogens is 248 g/mol. The normalized spacial score (nSPS) is 10.4. The largest absolute Gasteiger partial charge is 0.410 e. The minimum atomic E-state index is -0.816. The van der Waals surface area contributed by atoms with E-state index in [1.54, 1.807) is 18.3 Å². The lowest BCUT2D eigenvalue weighted by Crippen LogP contribution is -2.16. The maximum atomic E-state index is 10.6. The lowest BCUT2D eigenvalue weighted by Gasteiger charge is -2.03. The molecule has 0 saturated heterocycles. The molecule has 4 nitrogen and oxygen atoms in total. The van der Waals surface area contributed by atoms with Gasteiger partial charge < -0.3 is 15.5 Å². The summed E-state index contributed by atoms with van der Waals surface area (Å²) in [4.78, 5) is 13.6. The first-order valence-corrected chi connectivity index (χ1v) is 4.70. The van der Waals surface area contributed by atoms with E-state index in [0.29, 0.717) is 5.75 Å². The lowest BCUT2D eigenvalue weighted by molar-refractivity contribution is 0.211. The Morgan fingerprint density at radius 3 is 2.93 bits per heavy atom. The van der Waals surface area contributed by atoms with Crippen molar-refractivity contribution in [2.24, 2.45) is 5.73 Å². The van der Waals surface area contributed by atoms with Crippen molar-refractivity contribution in [3.63, 3.8) is 0 Å². The van der Waals surface area contributed by atoms with Crippen molar-refractivity contribution in [1.82, 2.24) is 4.98 Å². The van der Waals surface area contributed by atoms with Gasteiger partial charge in [0.05, 0.1) is 5.52 Å². The summed E-state index contributed by atoms with van der Waals surface area (Å²) >= 11 is 3.38. The van der Waals surface area contributed by atoms with Gasteiger partial charge in [0.2, 0.25) is 0 Å². The third-order valence-electron chi connectivity index (χ3n) is 1.84. The summed E-state index contributed by atoms with van der Waals surface area (Å²) in [6.45, 7) is 0. The van der Waals surface area contributed by atoms with Gasteiger partial charge in [-0.15, -0.1) is 0 Å². The summed E-state index contributed by atoms with van der Waals surface area (Å²) in [5.74, 6) is 0.431. The van der Waals surface area contributed by atoms with Crippen molar-refractivity contribution in [1.29, 1.82) is 0 Å². The Labute approximate surface area is 88.2 Å². The molecule has 1 aromatic heterocycles. The van der Waals surface area contributed by atoms with Crippen LogP contribution in [0.15, 0.2) is 28.9 Å². The highest BCUT2D eigenvalue weighted by Gasteiger charge is 2.08. The van der Waals surface area contributed by atoms with Crippen LogP contribution in [0.5, 0.6) is 5.75 Å². The number of carbonyl (C=O) groups excluding carboxylic acids is 1. The van der Waals surface area contributed by atoms with E-state index in [9.17, 15) is 4.79 Å². The Bertz CT molecular complexity index is 493. The third kappa shape index (κ3) is 1.46. The van der Waals surface area contributed by atoms with E-state index in [0.717, 1.165) is 15.4 Å². The second-order valence-electron chi connectivity index (χ2n) is 2.73. The molecule has 0 aliphatic rings. The number of aromatic amines is 1. The second kappa shape index (κ2) is 3.34. The van der Waals surface area contributed by atoms with Crippen LogP contribution in [0.25, 0.3) is 10.9 Å². The first-order chi connectivity index (χ1) is 6.68. The summed E-state index contributed by atoms with van der Waals surface area (Å²) in [7, 11) is 0. The zero-order valence-corrected chi connectivity index (χ0v) is 8.67. The van der Waals surface area contributed by atoms with Gasteiger partial charge in [0.1, 0.15) is 0 Å². The molecule has 0 aliphatic heterocycles. The van der Waals surface area contributed by atoms with Gasteiger partial charge in [-0.25, -0.2) is 4.79 Å². The summed E-state index contributed by atoms with van der Waals surface area (Å²) < 4.78 is 5.76. The molecule has 3 N–H and O–H groups in total. The van der Waals surface area contributed by atoms with Crippen molar-refractivity contribution < 1.29 is 9.53 Å². The zero-order chi connectivity index (χ0) is 10.1. The molecule has 0 atom stereocenters. The average molecular weight is 255 g/mol. The monoisotopic (exact) mass is 254 g/mol. The number of hydrogen-bond acceptors (Lipinski definition) is 2. The molecule has 0 spiro atoms. The van der Waals surface area contributed by atoms with Gasteiger partial charge in [-0.3, -0.25) is 0 Å². The van der Waals surface area contributed by atoms with Crippen LogP contribution in [0.1, 0.15) is 0 Å². The highest BCUT2D eigenvalue weighted by molar-refractivity contribution is 9.10. The van der Waals surface area contributed by atoms with Crippen LogP contribution in [-0.4, -0.2) is 11.1 Å². The van der Waals surface area contributed by atoms with Crippen molar-refractivity contribution >= 4 is 32.9 Å². The fourth-order valence-electron chi connectivity index (χ4n) is 1.29. The molecule has 72 valence electrons. The van der Waals surface area contributed by atoms with Crippen molar-refractivity contribution in [3.05, 3.63) is 28.9 Å². The molecule has 1 heterocycles. The number of nitrogens with two attached hydrogens (primary N) is 1. The van der Waals surface area contributed by atoms with Crippen LogP contribution < -0.4 is 10.5 Å². The molecule has 0 unspecified atom stereocenters. The van der Waals surface area contributed by atoms with Gasteiger partial charge >= 0.3 is 6.09 Å². The van der Waals surface area contributed by atoms with Crippen LogP contribution in [0.3, 0.4) is 0 Å². The maximum Gasteiger partial charge on any atom is 0.410 e. The molecule has 2 aromatic rings. The number of benzene rings is 1. The summed E-state index contributed by atoms with van der Waals surface area (Å²) in [6.07, 6.45) is 0.951. The fraction of sp³-hybridized carbons (Fsp3) is 0. The summed E-state index contributed by atoms with van der Waals surface area (Å²) in [6, 6.07) is 5.36. The minimum Gasteiger partial charge on any atom is -0.408 e. The predicted molar refractivity (Wildman–Crippen MR) is 56.2 cm³/mol. The van der Waals surface area contributed by atoms with Crippen LogP contribution in [0, 0.1) is 0 Å². The number of H-pyrrole nitrogens is 1.